The van der Waals surface area contributed by atoms with Gasteiger partial charge in [0.15, 0.2) is 5.43 Å². The largest absolute Gasteiger partial charge is 0.477 e. The van der Waals surface area contributed by atoms with Gasteiger partial charge >= 0.3 is 5.97 Å². The van der Waals surface area contributed by atoms with E-state index in [0.717, 1.165) is 29.7 Å². The molecule has 0 amide bonds. The molecule has 2 aromatic rings. The first-order valence-corrected chi connectivity index (χ1v) is 8.34. The standard InChI is InChI=1S/C17H17NO3S/c1-2-3-4-10-5-6-15-11(7-10)16-12(9-22-15)14(19)8-13(18-16)17(20)21/h5-8H,2-4,9H2,1H3,(H,18,19)(H,20,21). The SMILES string of the molecule is CCCCc1ccc2c(c1)-c1[nH]c(C(=O)O)cc(=O)c1CS2. The molecule has 0 radical (unpaired) electrons. The second-order valence-corrected chi connectivity index (χ2v) is 6.45. The van der Waals surface area contributed by atoms with Gasteiger partial charge in [-0.3, -0.25) is 4.79 Å². The van der Waals surface area contributed by atoms with Gasteiger partial charge in [0.25, 0.3) is 0 Å². The second-order valence-electron chi connectivity index (χ2n) is 5.43. The van der Waals surface area contributed by atoms with Gasteiger partial charge in [0, 0.05) is 27.8 Å². The number of pyridine rings is 1. The van der Waals surface area contributed by atoms with Crippen molar-refractivity contribution in [3.8, 4) is 11.3 Å². The molecule has 1 aliphatic rings. The highest BCUT2D eigenvalue weighted by Crippen LogP contribution is 2.39. The van der Waals surface area contributed by atoms with Crippen molar-refractivity contribution in [3.63, 3.8) is 0 Å². The van der Waals surface area contributed by atoms with Crippen molar-refractivity contribution in [2.75, 3.05) is 0 Å². The fourth-order valence-corrected chi connectivity index (χ4v) is 3.73. The first-order valence-electron chi connectivity index (χ1n) is 7.35. The highest BCUT2D eigenvalue weighted by molar-refractivity contribution is 7.98. The van der Waals surface area contributed by atoms with E-state index >= 15 is 0 Å². The second kappa shape index (κ2) is 6.01. The van der Waals surface area contributed by atoms with Crippen LogP contribution in [0.15, 0.2) is 34.0 Å². The van der Waals surface area contributed by atoms with Crippen molar-refractivity contribution in [1.82, 2.24) is 4.98 Å². The predicted octanol–water partition coefficient (Wildman–Crippen LogP) is 3.69. The smallest absolute Gasteiger partial charge is 0.352 e. The molecule has 5 heteroatoms. The van der Waals surface area contributed by atoms with Gasteiger partial charge in [-0.05, 0) is 30.5 Å². The summed E-state index contributed by atoms with van der Waals surface area (Å²) < 4.78 is 0. The minimum atomic E-state index is -1.11. The van der Waals surface area contributed by atoms with E-state index in [1.165, 1.54) is 11.6 Å². The summed E-state index contributed by atoms with van der Waals surface area (Å²) in [7, 11) is 0. The molecule has 0 fully saturated rings. The molecule has 0 bridgehead atoms. The minimum Gasteiger partial charge on any atom is -0.477 e. The number of carbonyl (C=O) groups is 1. The summed E-state index contributed by atoms with van der Waals surface area (Å²) in [6.07, 6.45) is 3.24. The zero-order valence-corrected chi connectivity index (χ0v) is 13.1. The first-order chi connectivity index (χ1) is 10.6. The van der Waals surface area contributed by atoms with E-state index in [9.17, 15) is 9.59 Å². The van der Waals surface area contributed by atoms with Crippen LogP contribution in [-0.2, 0) is 12.2 Å². The van der Waals surface area contributed by atoms with Crippen molar-refractivity contribution in [3.05, 3.63) is 51.3 Å². The summed E-state index contributed by atoms with van der Waals surface area (Å²) in [4.78, 5) is 27.4. The van der Waals surface area contributed by atoms with Crippen LogP contribution in [0.2, 0.25) is 0 Å². The summed E-state index contributed by atoms with van der Waals surface area (Å²) in [6.45, 7) is 2.15. The number of carboxylic acid groups (broad SMARTS) is 1. The Bertz CT molecular complexity index is 795. The summed E-state index contributed by atoms with van der Waals surface area (Å²) in [5, 5.41) is 9.15. The van der Waals surface area contributed by atoms with Gasteiger partial charge in [0.1, 0.15) is 5.69 Å². The maximum Gasteiger partial charge on any atom is 0.352 e. The molecule has 0 saturated carbocycles. The third kappa shape index (κ3) is 2.68. The molecular weight excluding hydrogens is 298 g/mol. The normalized spacial score (nSPS) is 12.6. The molecule has 1 aliphatic heterocycles. The third-order valence-corrected chi connectivity index (χ3v) is 4.97. The maximum atomic E-state index is 12.2. The number of carboxylic acids is 1. The number of benzene rings is 1. The van der Waals surface area contributed by atoms with Crippen LogP contribution in [0.25, 0.3) is 11.3 Å². The molecule has 2 heterocycles. The molecule has 0 aliphatic carbocycles. The van der Waals surface area contributed by atoms with E-state index < -0.39 is 5.97 Å². The number of nitrogens with one attached hydrogen (secondary N) is 1. The molecule has 0 saturated heterocycles. The lowest BCUT2D eigenvalue weighted by molar-refractivity contribution is 0.0690. The third-order valence-electron chi connectivity index (χ3n) is 3.87. The average molecular weight is 315 g/mol. The number of aromatic nitrogens is 1. The topological polar surface area (TPSA) is 70.2 Å². The zero-order chi connectivity index (χ0) is 15.7. The van der Waals surface area contributed by atoms with Crippen molar-refractivity contribution in [2.24, 2.45) is 0 Å². The molecular formula is C17H17NO3S. The molecule has 0 unspecified atom stereocenters. The van der Waals surface area contributed by atoms with Crippen LogP contribution >= 0.6 is 11.8 Å². The van der Waals surface area contributed by atoms with E-state index in [4.69, 9.17) is 5.11 Å². The molecule has 1 aromatic carbocycles. The first kappa shape index (κ1) is 14.9. The van der Waals surface area contributed by atoms with Crippen LogP contribution in [0.1, 0.15) is 41.4 Å². The van der Waals surface area contributed by atoms with Gasteiger partial charge in [-0.25, -0.2) is 4.79 Å². The molecule has 22 heavy (non-hydrogen) atoms. The van der Waals surface area contributed by atoms with Crippen molar-refractivity contribution in [2.45, 2.75) is 36.8 Å². The number of aromatic carboxylic acids is 1. The number of aryl methyl sites for hydroxylation is 1. The van der Waals surface area contributed by atoms with Gasteiger partial charge in [-0.2, -0.15) is 0 Å². The summed E-state index contributed by atoms with van der Waals surface area (Å²) >= 11 is 1.62. The summed E-state index contributed by atoms with van der Waals surface area (Å²) in [6, 6.07) is 7.44. The Morgan fingerprint density at radius 3 is 2.91 bits per heavy atom. The van der Waals surface area contributed by atoms with Crippen LogP contribution in [0, 0.1) is 0 Å². The highest BCUT2D eigenvalue weighted by atomic mass is 32.2. The Morgan fingerprint density at radius 2 is 2.18 bits per heavy atom. The number of unbranched alkanes of at least 4 members (excludes halogenated alkanes) is 1. The number of hydrogen-bond donors (Lipinski definition) is 2. The lowest BCUT2D eigenvalue weighted by Gasteiger charge is -2.20. The number of rotatable bonds is 4. The monoisotopic (exact) mass is 315 g/mol. The fraction of sp³-hybridized carbons (Fsp3) is 0.294. The molecule has 114 valence electrons. The van der Waals surface area contributed by atoms with Crippen LogP contribution in [0.5, 0.6) is 0 Å². The molecule has 0 spiro atoms. The molecule has 2 N–H and O–H groups in total. The van der Waals surface area contributed by atoms with E-state index in [0.29, 0.717) is 17.0 Å². The van der Waals surface area contributed by atoms with Crippen LogP contribution in [-0.4, -0.2) is 16.1 Å². The van der Waals surface area contributed by atoms with E-state index in [1.54, 1.807) is 11.8 Å². The van der Waals surface area contributed by atoms with Gasteiger partial charge in [0.2, 0.25) is 0 Å². The van der Waals surface area contributed by atoms with Crippen LogP contribution in [0.4, 0.5) is 0 Å². The zero-order valence-electron chi connectivity index (χ0n) is 12.3. The van der Waals surface area contributed by atoms with Crippen LogP contribution < -0.4 is 5.43 Å². The van der Waals surface area contributed by atoms with Gasteiger partial charge in [-0.15, -0.1) is 11.8 Å². The average Bonchev–Trinajstić information content (AvgIpc) is 2.52. The summed E-state index contributed by atoms with van der Waals surface area (Å²) in [5.41, 5.74) is 3.23. The maximum absolute atomic E-state index is 12.2. The highest BCUT2D eigenvalue weighted by Gasteiger charge is 2.22. The van der Waals surface area contributed by atoms with Gasteiger partial charge in [-0.1, -0.05) is 19.4 Å². The Hall–Kier alpha value is -2.01. The molecule has 0 atom stereocenters. The van der Waals surface area contributed by atoms with Gasteiger partial charge in [0.05, 0.1) is 5.69 Å². The minimum absolute atomic E-state index is 0.0550. The Balaban J connectivity index is 2.14. The van der Waals surface area contributed by atoms with Crippen molar-refractivity contribution >= 4 is 17.7 Å². The quantitative estimate of drug-likeness (QED) is 0.903. The molecule has 3 rings (SSSR count). The van der Waals surface area contributed by atoms with Crippen molar-refractivity contribution in [1.29, 1.82) is 0 Å². The number of fused-ring (bicyclic) bond motifs is 3. The number of aromatic amines is 1. The fourth-order valence-electron chi connectivity index (χ4n) is 2.66. The lowest BCUT2D eigenvalue weighted by Crippen LogP contribution is -2.17. The number of H-pyrrole nitrogens is 1. The van der Waals surface area contributed by atoms with E-state index in [2.05, 4.69) is 30.1 Å². The number of hydrogen-bond acceptors (Lipinski definition) is 3. The Labute approximate surface area is 132 Å². The van der Waals surface area contributed by atoms with E-state index in [1.807, 2.05) is 0 Å². The summed E-state index contributed by atoms with van der Waals surface area (Å²) in [5.74, 6) is -0.534. The van der Waals surface area contributed by atoms with E-state index in [-0.39, 0.29) is 11.1 Å². The van der Waals surface area contributed by atoms with Gasteiger partial charge < -0.3 is 10.1 Å². The lowest BCUT2D eigenvalue weighted by atomic mass is 10.00. The Kier molecular flexibility index (Phi) is 4.07. The Morgan fingerprint density at radius 1 is 1.36 bits per heavy atom. The molecule has 1 aromatic heterocycles. The predicted molar refractivity (Wildman–Crippen MR) is 87.6 cm³/mol. The van der Waals surface area contributed by atoms with Crippen molar-refractivity contribution < 1.29 is 9.90 Å². The number of thioether (sulfide) groups is 1. The molecule has 4 nitrogen and oxygen atoms in total. The van der Waals surface area contributed by atoms with Crippen LogP contribution in [0.3, 0.4) is 0 Å².